The van der Waals surface area contributed by atoms with Crippen LogP contribution in [0, 0.1) is 0 Å². The lowest BCUT2D eigenvalue weighted by Crippen LogP contribution is -1.78. The molecule has 0 aromatic rings. The van der Waals surface area contributed by atoms with Gasteiger partial charge in [-0.25, -0.2) is 0 Å². The van der Waals surface area contributed by atoms with Crippen molar-refractivity contribution >= 4 is 20.8 Å². The average Bonchev–Trinajstić information content (AvgIpc) is 0.722. The first-order valence-electron chi connectivity index (χ1n) is 0.698. The Kier molecular flexibility index (Phi) is 3.81. The van der Waals surface area contributed by atoms with Crippen molar-refractivity contribution in [2.24, 2.45) is 0 Å². The average molecular weight is 132 g/mol. The molecule has 0 aromatic heterocycles. The van der Waals surface area contributed by atoms with E-state index in [4.69, 9.17) is 13.0 Å². The monoisotopic (exact) mass is 132 g/mol. The summed E-state index contributed by atoms with van der Waals surface area (Å²) in [6.07, 6.45) is 0. The van der Waals surface area contributed by atoms with Gasteiger partial charge in [-0.1, -0.05) is 0 Å². The molecule has 40 valence electrons. The van der Waals surface area contributed by atoms with Gasteiger partial charge < -0.3 is 6.15 Å². The molecule has 0 fully saturated rings. The maximum atomic E-state index is 9.05. The van der Waals surface area contributed by atoms with Crippen LogP contribution in [0.4, 0.5) is 0 Å². The Hall–Kier alpha value is 0.220. The van der Waals surface area contributed by atoms with E-state index in [9.17, 15) is 0 Å². The molecule has 0 aliphatic rings. The molecule has 0 saturated carbocycles. The number of hydrogen-bond donors (Lipinski definition) is 3. The topological polar surface area (TPSA) is 89.4 Å². The Morgan fingerprint density at radius 2 is 1.67 bits per heavy atom. The molecular formula is H6NO3S2+. The molecule has 0 heterocycles. The van der Waals surface area contributed by atoms with E-state index >= 15 is 0 Å². The lowest BCUT2D eigenvalue weighted by atomic mass is 14.0. The minimum absolute atomic E-state index is 0. The fraction of sp³-hybridized carbons (Fsp3) is 0. The predicted molar refractivity (Wildman–Crippen MR) is 26.7 cm³/mol. The van der Waals surface area contributed by atoms with Crippen molar-refractivity contribution in [1.82, 2.24) is 6.15 Å². The van der Waals surface area contributed by atoms with Gasteiger partial charge in [-0.3, -0.25) is 4.55 Å². The molecule has 0 unspecified atom stereocenters. The van der Waals surface area contributed by atoms with Crippen molar-refractivity contribution in [3.63, 3.8) is 0 Å². The molecule has 6 heteroatoms. The van der Waals surface area contributed by atoms with Gasteiger partial charge in [0.15, 0.2) is 0 Å². The quantitative estimate of drug-likeness (QED) is 0.246. The second-order valence-electron chi connectivity index (χ2n) is 0.448. The van der Waals surface area contributed by atoms with E-state index in [1.807, 2.05) is 0 Å². The molecular weight excluding hydrogens is 126 g/mol. The third kappa shape index (κ3) is 904. The van der Waals surface area contributed by atoms with Crippen LogP contribution in [-0.4, -0.2) is 13.0 Å². The van der Waals surface area contributed by atoms with E-state index in [1.165, 1.54) is 0 Å². The van der Waals surface area contributed by atoms with Gasteiger partial charge in [0.2, 0.25) is 0 Å². The maximum Gasteiger partial charge on any atom is 1.00 e. The highest BCUT2D eigenvalue weighted by atomic mass is 33.1. The van der Waals surface area contributed by atoms with Crippen LogP contribution in [0.3, 0.4) is 0 Å². The summed E-state index contributed by atoms with van der Waals surface area (Å²) in [5.74, 6) is 0. The van der Waals surface area contributed by atoms with Gasteiger partial charge in [0.25, 0.3) is 0 Å². The van der Waals surface area contributed by atoms with E-state index < -0.39 is 9.15 Å². The first-order valence-corrected chi connectivity index (χ1v) is 3.19. The first-order chi connectivity index (χ1) is 2.00. The van der Waals surface area contributed by atoms with Crippen LogP contribution in [0.15, 0.2) is 0 Å². The number of thiol groups is 1. The molecule has 4 N–H and O–H groups in total. The van der Waals surface area contributed by atoms with Crippen molar-refractivity contribution in [2.45, 2.75) is 0 Å². The van der Waals surface area contributed by atoms with E-state index in [-0.39, 0.29) is 7.58 Å². The Morgan fingerprint density at radius 1 is 1.67 bits per heavy atom. The van der Waals surface area contributed by atoms with E-state index in [1.54, 1.807) is 0 Å². The van der Waals surface area contributed by atoms with Gasteiger partial charge in [0, 0.05) is 0 Å². The molecule has 6 heavy (non-hydrogen) atoms. The molecule has 0 atom stereocenters. The third-order valence-electron chi connectivity index (χ3n) is 0. The van der Waals surface area contributed by atoms with Crippen molar-refractivity contribution in [3.05, 3.63) is 0 Å². The van der Waals surface area contributed by atoms with E-state index in [0.717, 1.165) is 0 Å². The van der Waals surface area contributed by atoms with E-state index in [2.05, 4.69) is 11.7 Å². The fourth-order valence-electron chi connectivity index (χ4n) is 0. The molecule has 0 spiro atoms. The zero-order valence-electron chi connectivity index (χ0n) is 3.83. The SMILES string of the molecule is N.O=S(=O)(O)S.[H+]. The summed E-state index contributed by atoms with van der Waals surface area (Å²) in [6.45, 7) is 0. The standard InChI is InChI=1S/H3N.H2O3S2/c;1-5(2,3)4/h1H3;(H2,1,2,3,4)/p+1. The van der Waals surface area contributed by atoms with Crippen LogP contribution < -0.4 is 6.15 Å². The number of hydrogen-bond acceptors (Lipinski definition) is 3. The molecule has 0 aliphatic carbocycles. The minimum Gasteiger partial charge on any atom is -0.344 e. The summed E-state index contributed by atoms with van der Waals surface area (Å²) in [6, 6.07) is 0. The molecule has 0 amide bonds. The molecule has 0 rings (SSSR count). The van der Waals surface area contributed by atoms with Gasteiger partial charge in [0.05, 0.1) is 0 Å². The summed E-state index contributed by atoms with van der Waals surface area (Å²) >= 11 is 2.65. The van der Waals surface area contributed by atoms with Crippen molar-refractivity contribution in [2.75, 3.05) is 0 Å². The highest BCUT2D eigenvalue weighted by Gasteiger charge is 1.83. The molecule has 0 saturated heterocycles. The lowest BCUT2D eigenvalue weighted by Gasteiger charge is -1.67. The third-order valence-corrected chi connectivity index (χ3v) is 0. The molecule has 0 bridgehead atoms. The van der Waals surface area contributed by atoms with Crippen LogP contribution in [-0.2, 0) is 9.15 Å². The fourth-order valence-corrected chi connectivity index (χ4v) is 0. The summed E-state index contributed by atoms with van der Waals surface area (Å²) in [5, 5.41) is 0. The molecule has 0 aliphatic heterocycles. The zero-order chi connectivity index (χ0) is 4.50. The smallest absolute Gasteiger partial charge is 0.344 e. The van der Waals surface area contributed by atoms with Crippen LogP contribution >= 0.6 is 11.7 Å². The van der Waals surface area contributed by atoms with Crippen molar-refractivity contribution in [1.29, 1.82) is 0 Å². The second-order valence-corrected chi connectivity index (χ2v) is 2.73. The Bertz CT molecular complexity index is 96.1. The second kappa shape index (κ2) is 2.40. The van der Waals surface area contributed by atoms with Gasteiger partial charge in [-0.2, -0.15) is 8.42 Å². The normalized spacial score (nSPS) is 9.67. The Morgan fingerprint density at radius 3 is 1.67 bits per heavy atom. The van der Waals surface area contributed by atoms with Crippen molar-refractivity contribution < 1.29 is 14.4 Å². The Balaban J connectivity index is -0.0000000800. The van der Waals surface area contributed by atoms with Gasteiger partial charge in [0.1, 0.15) is 0 Å². The minimum atomic E-state index is -3.97. The van der Waals surface area contributed by atoms with Gasteiger partial charge >= 0.3 is 10.6 Å². The largest absolute Gasteiger partial charge is 1.00 e. The van der Waals surface area contributed by atoms with Crippen LogP contribution in [0.5, 0.6) is 0 Å². The Labute approximate surface area is 42.2 Å². The zero-order valence-corrected chi connectivity index (χ0v) is 4.54. The highest BCUT2D eigenvalue weighted by molar-refractivity contribution is 8.61. The van der Waals surface area contributed by atoms with Crippen molar-refractivity contribution in [3.8, 4) is 0 Å². The first kappa shape index (κ1) is 9.52. The number of rotatable bonds is 0. The predicted octanol–water partition coefficient (Wildman–Crippen LogP) is -0.00650. The maximum absolute atomic E-state index is 9.05. The molecule has 4 nitrogen and oxygen atoms in total. The van der Waals surface area contributed by atoms with Gasteiger partial charge in [-0.15, -0.1) is 0 Å². The van der Waals surface area contributed by atoms with Gasteiger partial charge in [-0.05, 0) is 11.7 Å². The summed E-state index contributed by atoms with van der Waals surface area (Å²) in [4.78, 5) is 0. The van der Waals surface area contributed by atoms with Crippen LogP contribution in [0.1, 0.15) is 1.43 Å². The lowest BCUT2D eigenvalue weighted by molar-refractivity contribution is 0.503. The van der Waals surface area contributed by atoms with Crippen LogP contribution in [0.25, 0.3) is 0 Å². The molecule has 0 radical (unpaired) electrons. The van der Waals surface area contributed by atoms with Crippen LogP contribution in [0.2, 0.25) is 0 Å². The highest BCUT2D eigenvalue weighted by Crippen LogP contribution is 1.81. The summed E-state index contributed by atoms with van der Waals surface area (Å²) < 4.78 is 25.5. The molecule has 0 aromatic carbocycles. The van der Waals surface area contributed by atoms with E-state index in [0.29, 0.717) is 0 Å². The summed E-state index contributed by atoms with van der Waals surface area (Å²) in [5.41, 5.74) is 0. The summed E-state index contributed by atoms with van der Waals surface area (Å²) in [7, 11) is -3.97.